The van der Waals surface area contributed by atoms with Crippen LogP contribution in [0.4, 0.5) is 0 Å². The van der Waals surface area contributed by atoms with Gasteiger partial charge in [0.1, 0.15) is 11.8 Å². The Kier molecular flexibility index (Phi) is 5.83. The molecule has 4 heteroatoms. The van der Waals surface area contributed by atoms with Gasteiger partial charge in [0.25, 0.3) is 0 Å². The van der Waals surface area contributed by atoms with Gasteiger partial charge in [0.15, 0.2) is 0 Å². The van der Waals surface area contributed by atoms with E-state index in [0.29, 0.717) is 6.61 Å². The highest BCUT2D eigenvalue weighted by Crippen LogP contribution is 2.26. The highest BCUT2D eigenvalue weighted by atomic mass is 16.5. The van der Waals surface area contributed by atoms with E-state index in [1.54, 1.807) is 21.0 Å². The van der Waals surface area contributed by atoms with Crippen molar-refractivity contribution >= 4 is 5.97 Å². The second-order valence-corrected chi connectivity index (χ2v) is 4.61. The van der Waals surface area contributed by atoms with Crippen molar-refractivity contribution in [3.63, 3.8) is 0 Å². The molecule has 0 aliphatic heterocycles. The molecule has 0 aliphatic rings. The molecule has 0 saturated carbocycles. The molecule has 0 bridgehead atoms. The van der Waals surface area contributed by atoms with Crippen molar-refractivity contribution in [2.75, 3.05) is 13.7 Å². The van der Waals surface area contributed by atoms with E-state index in [0.717, 1.165) is 16.9 Å². The predicted molar refractivity (Wildman–Crippen MR) is 75.4 cm³/mol. The van der Waals surface area contributed by atoms with E-state index in [2.05, 4.69) is 5.32 Å². The normalized spacial score (nSPS) is 13.7. The van der Waals surface area contributed by atoms with Gasteiger partial charge in [0.2, 0.25) is 0 Å². The first kappa shape index (κ1) is 15.5. The number of benzene rings is 1. The third-order valence-electron chi connectivity index (χ3n) is 3.00. The zero-order valence-corrected chi connectivity index (χ0v) is 12.3. The Bertz CT molecular complexity index is 431. The van der Waals surface area contributed by atoms with Crippen LogP contribution in [0, 0.1) is 6.92 Å². The Balaban J connectivity index is 2.77. The van der Waals surface area contributed by atoms with Crippen molar-refractivity contribution in [1.29, 1.82) is 0 Å². The van der Waals surface area contributed by atoms with Gasteiger partial charge in [-0.3, -0.25) is 10.1 Å². The maximum Gasteiger partial charge on any atom is 0.322 e. The van der Waals surface area contributed by atoms with Gasteiger partial charge in [0.05, 0.1) is 13.7 Å². The predicted octanol–water partition coefficient (Wildman–Crippen LogP) is 2.61. The number of carbonyl (C=O) groups is 1. The van der Waals surface area contributed by atoms with E-state index in [-0.39, 0.29) is 18.1 Å². The maximum absolute atomic E-state index is 11.6. The van der Waals surface area contributed by atoms with Crippen LogP contribution in [-0.4, -0.2) is 25.7 Å². The fourth-order valence-electron chi connectivity index (χ4n) is 1.98. The van der Waals surface area contributed by atoms with Gasteiger partial charge in [-0.05, 0) is 39.3 Å². The van der Waals surface area contributed by atoms with Gasteiger partial charge in [-0.15, -0.1) is 0 Å². The Hall–Kier alpha value is -1.55. The number of methoxy groups -OCH3 is 1. The minimum absolute atomic E-state index is 0.00922. The smallest absolute Gasteiger partial charge is 0.322 e. The lowest BCUT2D eigenvalue weighted by Gasteiger charge is -2.21. The summed E-state index contributed by atoms with van der Waals surface area (Å²) in [5.74, 6) is 0.594. The molecular weight excluding hydrogens is 242 g/mol. The van der Waals surface area contributed by atoms with E-state index in [1.807, 2.05) is 32.0 Å². The van der Waals surface area contributed by atoms with Crippen molar-refractivity contribution in [1.82, 2.24) is 5.32 Å². The molecular formula is C15H23NO3. The molecule has 0 radical (unpaired) electrons. The first-order valence-corrected chi connectivity index (χ1v) is 6.56. The van der Waals surface area contributed by atoms with Crippen LogP contribution in [0.5, 0.6) is 5.75 Å². The van der Waals surface area contributed by atoms with Crippen molar-refractivity contribution in [2.24, 2.45) is 0 Å². The van der Waals surface area contributed by atoms with Crippen LogP contribution in [0.1, 0.15) is 37.9 Å². The number of carbonyl (C=O) groups excluding carboxylic acids is 1. The lowest BCUT2D eigenvalue weighted by Crippen LogP contribution is -2.37. The second-order valence-electron chi connectivity index (χ2n) is 4.61. The summed E-state index contributed by atoms with van der Waals surface area (Å²) in [6.07, 6.45) is 0. The standard InChI is InChI=1S/C15H23NO3/c1-6-19-15(17)12(4)16-11(3)13-8-7-10(2)9-14(13)18-5/h7-9,11-12,16H,6H2,1-5H3. The molecule has 4 nitrogen and oxygen atoms in total. The number of ether oxygens (including phenoxy) is 2. The monoisotopic (exact) mass is 265 g/mol. The molecule has 0 amide bonds. The first-order valence-electron chi connectivity index (χ1n) is 6.56. The van der Waals surface area contributed by atoms with Gasteiger partial charge >= 0.3 is 5.97 Å². The highest BCUT2D eigenvalue weighted by Gasteiger charge is 2.19. The van der Waals surface area contributed by atoms with Crippen molar-refractivity contribution in [2.45, 2.75) is 39.8 Å². The topological polar surface area (TPSA) is 47.6 Å². The van der Waals surface area contributed by atoms with Gasteiger partial charge < -0.3 is 9.47 Å². The van der Waals surface area contributed by atoms with E-state index in [9.17, 15) is 4.79 Å². The van der Waals surface area contributed by atoms with Crippen LogP contribution in [0.25, 0.3) is 0 Å². The summed E-state index contributed by atoms with van der Waals surface area (Å²) in [7, 11) is 1.65. The minimum atomic E-state index is -0.346. The third-order valence-corrected chi connectivity index (χ3v) is 3.00. The largest absolute Gasteiger partial charge is 0.496 e. The second kappa shape index (κ2) is 7.14. The molecule has 1 rings (SSSR count). The molecule has 106 valence electrons. The van der Waals surface area contributed by atoms with Crippen LogP contribution in [0.3, 0.4) is 0 Å². The fourth-order valence-corrected chi connectivity index (χ4v) is 1.98. The first-order chi connectivity index (χ1) is 8.99. The number of rotatable bonds is 6. The average molecular weight is 265 g/mol. The van der Waals surface area contributed by atoms with Gasteiger partial charge in [-0.2, -0.15) is 0 Å². The molecule has 19 heavy (non-hydrogen) atoms. The minimum Gasteiger partial charge on any atom is -0.496 e. The molecule has 1 aromatic carbocycles. The number of aryl methyl sites for hydroxylation is 1. The van der Waals surface area contributed by atoms with E-state index < -0.39 is 0 Å². The molecule has 0 saturated heterocycles. The summed E-state index contributed by atoms with van der Waals surface area (Å²) in [6.45, 7) is 8.02. The molecule has 0 aromatic heterocycles. The lowest BCUT2D eigenvalue weighted by molar-refractivity contribution is -0.145. The molecule has 1 aromatic rings. The van der Waals surface area contributed by atoms with E-state index in [4.69, 9.17) is 9.47 Å². The van der Waals surface area contributed by atoms with Crippen molar-refractivity contribution in [3.8, 4) is 5.75 Å². The van der Waals surface area contributed by atoms with Gasteiger partial charge in [-0.25, -0.2) is 0 Å². The highest BCUT2D eigenvalue weighted by molar-refractivity contribution is 5.75. The number of esters is 1. The van der Waals surface area contributed by atoms with Crippen LogP contribution >= 0.6 is 0 Å². The molecule has 2 unspecified atom stereocenters. The number of hydrogen-bond donors (Lipinski definition) is 1. The Morgan fingerprint density at radius 3 is 2.63 bits per heavy atom. The molecule has 2 atom stereocenters. The Labute approximate surface area is 115 Å². The summed E-state index contributed by atoms with van der Waals surface area (Å²) < 4.78 is 10.4. The molecule has 1 N–H and O–H groups in total. The summed E-state index contributed by atoms with van der Waals surface area (Å²) in [6, 6.07) is 5.70. The zero-order chi connectivity index (χ0) is 14.4. The maximum atomic E-state index is 11.6. The summed E-state index contributed by atoms with van der Waals surface area (Å²) in [5.41, 5.74) is 2.18. The van der Waals surface area contributed by atoms with Gasteiger partial charge in [0, 0.05) is 11.6 Å². The third kappa shape index (κ3) is 4.24. The molecule has 0 aliphatic carbocycles. The van der Waals surface area contributed by atoms with Crippen molar-refractivity contribution < 1.29 is 14.3 Å². The Morgan fingerprint density at radius 1 is 1.37 bits per heavy atom. The number of hydrogen-bond acceptors (Lipinski definition) is 4. The van der Waals surface area contributed by atoms with Crippen LogP contribution in [-0.2, 0) is 9.53 Å². The van der Waals surface area contributed by atoms with E-state index in [1.165, 1.54) is 0 Å². The van der Waals surface area contributed by atoms with Crippen LogP contribution in [0.2, 0.25) is 0 Å². The summed E-state index contributed by atoms with van der Waals surface area (Å²) in [5, 5.41) is 3.22. The summed E-state index contributed by atoms with van der Waals surface area (Å²) >= 11 is 0. The Morgan fingerprint density at radius 2 is 2.05 bits per heavy atom. The van der Waals surface area contributed by atoms with E-state index >= 15 is 0 Å². The van der Waals surface area contributed by atoms with Crippen molar-refractivity contribution in [3.05, 3.63) is 29.3 Å². The fraction of sp³-hybridized carbons (Fsp3) is 0.533. The summed E-state index contributed by atoms with van der Waals surface area (Å²) in [4.78, 5) is 11.6. The SMILES string of the molecule is CCOC(=O)C(C)NC(C)c1ccc(C)cc1OC. The average Bonchev–Trinajstić information content (AvgIpc) is 2.38. The quantitative estimate of drug-likeness (QED) is 0.803. The molecule has 0 fully saturated rings. The zero-order valence-electron chi connectivity index (χ0n) is 12.3. The molecule has 0 spiro atoms. The number of nitrogens with one attached hydrogen (secondary N) is 1. The lowest BCUT2D eigenvalue weighted by atomic mass is 10.0. The molecule has 0 heterocycles. The van der Waals surface area contributed by atoms with Crippen LogP contribution < -0.4 is 10.1 Å². The van der Waals surface area contributed by atoms with Gasteiger partial charge in [-0.1, -0.05) is 12.1 Å². The van der Waals surface area contributed by atoms with Crippen LogP contribution in [0.15, 0.2) is 18.2 Å².